The summed E-state index contributed by atoms with van der Waals surface area (Å²) in [6, 6.07) is 17.4. The van der Waals surface area contributed by atoms with Crippen LogP contribution in [0.25, 0.3) is 0 Å². The van der Waals surface area contributed by atoms with Crippen molar-refractivity contribution in [1.29, 1.82) is 0 Å². The van der Waals surface area contributed by atoms with Gasteiger partial charge in [0.05, 0.1) is 11.5 Å². The van der Waals surface area contributed by atoms with Gasteiger partial charge in [0.25, 0.3) is 0 Å². The summed E-state index contributed by atoms with van der Waals surface area (Å²) < 4.78 is 19.2. The third-order valence-electron chi connectivity index (χ3n) is 6.30. The molecule has 1 aliphatic heterocycles. The Hall–Kier alpha value is -4.80. The molecule has 0 aliphatic carbocycles. The van der Waals surface area contributed by atoms with Gasteiger partial charge in [0.15, 0.2) is 0 Å². The minimum absolute atomic E-state index is 0.0133. The molecule has 0 saturated heterocycles. The van der Waals surface area contributed by atoms with E-state index in [2.05, 4.69) is 5.32 Å². The van der Waals surface area contributed by atoms with Crippen molar-refractivity contribution in [3.05, 3.63) is 111 Å². The van der Waals surface area contributed by atoms with E-state index < -0.39 is 46.4 Å². The highest BCUT2D eigenvalue weighted by Gasteiger charge is 2.37. The van der Waals surface area contributed by atoms with Crippen LogP contribution in [-0.2, 0) is 40.3 Å². The number of primary amides is 1. The van der Waals surface area contributed by atoms with Crippen LogP contribution in [0.15, 0.2) is 72.8 Å². The number of benzene rings is 3. The lowest BCUT2D eigenvalue weighted by atomic mass is 9.93. The van der Waals surface area contributed by atoms with Crippen LogP contribution >= 0.6 is 0 Å². The number of nitrogens with two attached hydrogens (primary N) is 1. The molecule has 3 aromatic carbocycles. The molecule has 1 heterocycles. The van der Waals surface area contributed by atoms with Crippen molar-refractivity contribution in [2.75, 3.05) is 0 Å². The molecule has 0 bridgehead atoms. The molecular weight excluding hydrogens is 495 g/mol. The zero-order chi connectivity index (χ0) is 27.2. The van der Waals surface area contributed by atoms with Gasteiger partial charge in [-0.05, 0) is 28.3 Å². The molecule has 10 nitrogen and oxygen atoms in total. The predicted octanol–water partition coefficient (Wildman–Crippen LogP) is 3.01. The lowest BCUT2D eigenvalue weighted by Crippen LogP contribution is -2.56. The molecule has 1 aliphatic rings. The van der Waals surface area contributed by atoms with Crippen LogP contribution in [0, 0.1) is 15.9 Å². The molecule has 3 aromatic rings. The molecule has 0 fully saturated rings. The summed E-state index contributed by atoms with van der Waals surface area (Å²) in [5.41, 5.74) is 7.49. The molecule has 0 unspecified atom stereocenters. The summed E-state index contributed by atoms with van der Waals surface area (Å²) in [6.07, 6.45) is -0.729. The fourth-order valence-electron chi connectivity index (χ4n) is 4.30. The Morgan fingerprint density at radius 3 is 2.42 bits per heavy atom. The average Bonchev–Trinajstić information content (AvgIpc) is 2.91. The number of hydrogen-bond donors (Lipinski definition) is 2. The van der Waals surface area contributed by atoms with Crippen LogP contribution in [0.5, 0.6) is 0 Å². The number of hydrogen-bond acceptors (Lipinski definition) is 6. The molecular formula is C27H25FN4O6. The molecule has 0 saturated carbocycles. The number of nitro groups is 1. The molecule has 2 atom stereocenters. The van der Waals surface area contributed by atoms with Crippen molar-refractivity contribution in [3.63, 3.8) is 0 Å². The average molecular weight is 521 g/mol. The van der Waals surface area contributed by atoms with Crippen LogP contribution in [-0.4, -0.2) is 39.8 Å². The Bertz CT molecular complexity index is 1370. The predicted molar refractivity (Wildman–Crippen MR) is 134 cm³/mol. The first-order valence-corrected chi connectivity index (χ1v) is 11.8. The number of nitrogens with one attached hydrogen (secondary N) is 1. The summed E-state index contributed by atoms with van der Waals surface area (Å²) in [5, 5.41) is 13.6. The van der Waals surface area contributed by atoms with Gasteiger partial charge < -0.3 is 15.8 Å². The van der Waals surface area contributed by atoms with E-state index >= 15 is 0 Å². The maximum Gasteiger partial charge on any atom is 0.411 e. The quantitative estimate of drug-likeness (QED) is 0.345. The van der Waals surface area contributed by atoms with Crippen LogP contribution in [0.3, 0.4) is 0 Å². The first-order valence-electron chi connectivity index (χ1n) is 11.8. The van der Waals surface area contributed by atoms with Crippen LogP contribution in [0.4, 0.5) is 14.9 Å². The number of ether oxygens (including phenoxy) is 1. The van der Waals surface area contributed by atoms with E-state index in [-0.39, 0.29) is 31.6 Å². The Balaban J connectivity index is 1.53. The van der Waals surface area contributed by atoms with Crippen molar-refractivity contribution in [2.24, 2.45) is 5.73 Å². The molecule has 11 heteroatoms. The van der Waals surface area contributed by atoms with Gasteiger partial charge in [-0.25, -0.2) is 4.79 Å². The van der Waals surface area contributed by atoms with E-state index in [1.54, 1.807) is 12.1 Å². The first kappa shape index (κ1) is 26.3. The summed E-state index contributed by atoms with van der Waals surface area (Å²) >= 11 is 0. The minimum Gasteiger partial charge on any atom is -0.445 e. The second-order valence-electron chi connectivity index (χ2n) is 8.87. The number of fused-ring (bicyclic) bond motifs is 1. The van der Waals surface area contributed by atoms with Gasteiger partial charge in [0.1, 0.15) is 18.7 Å². The van der Waals surface area contributed by atoms with E-state index in [1.165, 1.54) is 11.0 Å². The fraction of sp³-hybridized carbons (Fsp3) is 0.222. The number of nitrogens with zero attached hydrogens (tertiary/aromatic N) is 2. The Morgan fingerprint density at radius 2 is 1.74 bits per heavy atom. The fourth-order valence-corrected chi connectivity index (χ4v) is 4.30. The van der Waals surface area contributed by atoms with Gasteiger partial charge in [0, 0.05) is 18.9 Å². The van der Waals surface area contributed by atoms with E-state index in [9.17, 15) is 28.9 Å². The van der Waals surface area contributed by atoms with Crippen molar-refractivity contribution in [1.82, 2.24) is 10.2 Å². The highest BCUT2D eigenvalue weighted by molar-refractivity contribution is 5.91. The van der Waals surface area contributed by atoms with Gasteiger partial charge >= 0.3 is 11.8 Å². The number of amides is 3. The van der Waals surface area contributed by atoms with Crippen LogP contribution < -0.4 is 11.1 Å². The largest absolute Gasteiger partial charge is 0.445 e. The maximum atomic E-state index is 13.7. The lowest BCUT2D eigenvalue weighted by molar-refractivity contribution is -0.387. The maximum absolute atomic E-state index is 13.7. The molecule has 196 valence electrons. The topological polar surface area (TPSA) is 145 Å². The van der Waals surface area contributed by atoms with Crippen LogP contribution in [0.2, 0.25) is 0 Å². The molecule has 0 aromatic heterocycles. The molecule has 3 N–H and O–H groups in total. The second kappa shape index (κ2) is 11.5. The number of nitro benzene ring substituents is 1. The van der Waals surface area contributed by atoms with Crippen LogP contribution in [0.1, 0.15) is 22.3 Å². The van der Waals surface area contributed by atoms with Gasteiger partial charge in [-0.1, -0.05) is 60.7 Å². The SMILES string of the molecule is NC(=O)[C@H](Cc1ccc(F)c([N+](=O)[O-])c1)NC(=O)[C@@H]1Cc2ccccc2CN1C(=O)OCc1ccccc1. The highest BCUT2D eigenvalue weighted by atomic mass is 19.1. The van der Waals surface area contributed by atoms with Gasteiger partial charge in [-0.15, -0.1) is 0 Å². The molecule has 4 rings (SSSR count). The monoisotopic (exact) mass is 520 g/mol. The van der Waals surface area contributed by atoms with Gasteiger partial charge in [0.2, 0.25) is 17.6 Å². The number of rotatable bonds is 8. The molecule has 0 spiro atoms. The Morgan fingerprint density at radius 1 is 1.05 bits per heavy atom. The minimum atomic E-state index is -1.26. The number of halogens is 1. The summed E-state index contributed by atoms with van der Waals surface area (Å²) in [6.45, 7) is 0.132. The molecule has 38 heavy (non-hydrogen) atoms. The van der Waals surface area contributed by atoms with E-state index in [4.69, 9.17) is 10.5 Å². The van der Waals surface area contributed by atoms with Gasteiger partial charge in [-0.2, -0.15) is 4.39 Å². The second-order valence-corrected chi connectivity index (χ2v) is 8.87. The third-order valence-corrected chi connectivity index (χ3v) is 6.30. The van der Waals surface area contributed by atoms with Crippen molar-refractivity contribution in [3.8, 4) is 0 Å². The summed E-state index contributed by atoms with van der Waals surface area (Å²) in [4.78, 5) is 50.1. The smallest absolute Gasteiger partial charge is 0.411 e. The lowest BCUT2D eigenvalue weighted by Gasteiger charge is -2.35. The van der Waals surface area contributed by atoms with E-state index in [0.717, 1.165) is 28.8 Å². The van der Waals surface area contributed by atoms with Crippen molar-refractivity contribution >= 4 is 23.6 Å². The Labute approximate surface area is 217 Å². The number of carbonyl (C=O) groups is 3. The molecule has 3 amide bonds. The van der Waals surface area contributed by atoms with Crippen molar-refractivity contribution in [2.45, 2.75) is 38.1 Å². The Kier molecular flexibility index (Phi) is 7.95. The third kappa shape index (κ3) is 6.12. The standard InChI is InChI=1S/C27H25FN4O6/c28-21-11-10-18(13-23(21)32(36)37)12-22(25(29)33)30-26(34)24-14-19-8-4-5-9-20(19)15-31(24)27(35)38-16-17-6-2-1-3-7-17/h1-11,13,22,24H,12,14-16H2,(H2,29,33)(H,30,34)/t22-,24-/m0/s1. The highest BCUT2D eigenvalue weighted by Crippen LogP contribution is 2.25. The summed E-state index contributed by atoms with van der Waals surface area (Å²) in [5.74, 6) is -2.56. The zero-order valence-electron chi connectivity index (χ0n) is 20.2. The zero-order valence-corrected chi connectivity index (χ0v) is 20.2. The van der Waals surface area contributed by atoms with E-state index in [0.29, 0.717) is 0 Å². The molecule has 0 radical (unpaired) electrons. The number of carbonyl (C=O) groups excluding carboxylic acids is 3. The normalized spacial score (nSPS) is 15.2. The van der Waals surface area contributed by atoms with Crippen molar-refractivity contribution < 1.29 is 28.4 Å². The summed E-state index contributed by atoms with van der Waals surface area (Å²) in [7, 11) is 0. The first-order chi connectivity index (χ1) is 18.2. The van der Waals surface area contributed by atoms with Gasteiger partial charge in [-0.3, -0.25) is 24.6 Å². The van der Waals surface area contributed by atoms with E-state index in [1.807, 2.05) is 42.5 Å².